The quantitative estimate of drug-likeness (QED) is 0.673. The van der Waals surface area contributed by atoms with Crippen LogP contribution in [0.2, 0.25) is 0 Å². The molecule has 7 heteroatoms. The van der Waals surface area contributed by atoms with Crippen molar-refractivity contribution >= 4 is 11.8 Å². The van der Waals surface area contributed by atoms with Gasteiger partial charge in [0.25, 0.3) is 0 Å². The van der Waals surface area contributed by atoms with Gasteiger partial charge in [-0.15, -0.1) is 0 Å². The first-order valence-electron chi connectivity index (χ1n) is 8.77. The SMILES string of the molecule is COc1ccc(C(OC(=O)c2ccc3c(c2)OCO3)C(C)C(C)=O)cc1OC. The molecule has 2 atom stereocenters. The Balaban J connectivity index is 1.90. The van der Waals surface area contributed by atoms with Gasteiger partial charge in [0.15, 0.2) is 23.0 Å². The molecule has 0 fully saturated rings. The number of methoxy groups -OCH3 is 2. The van der Waals surface area contributed by atoms with E-state index in [1.165, 1.54) is 21.1 Å². The monoisotopic (exact) mass is 386 g/mol. The lowest BCUT2D eigenvalue weighted by Gasteiger charge is -2.24. The number of ketones is 1. The minimum absolute atomic E-state index is 0.0988. The highest BCUT2D eigenvalue weighted by molar-refractivity contribution is 5.91. The molecule has 0 aliphatic carbocycles. The maximum Gasteiger partial charge on any atom is 0.338 e. The van der Waals surface area contributed by atoms with Gasteiger partial charge in [-0.3, -0.25) is 4.79 Å². The van der Waals surface area contributed by atoms with Crippen LogP contribution in [0.3, 0.4) is 0 Å². The standard InChI is InChI=1S/C21H22O7/c1-12(13(2)22)20(14-5-7-16(24-3)18(9-14)25-4)28-21(23)15-6-8-17-19(10-15)27-11-26-17/h5-10,12,20H,11H2,1-4H3. The summed E-state index contributed by atoms with van der Waals surface area (Å²) in [6.07, 6.45) is -0.782. The van der Waals surface area contributed by atoms with Crippen LogP contribution in [0.1, 0.15) is 35.9 Å². The third-order valence-corrected chi connectivity index (χ3v) is 4.67. The Morgan fingerprint density at radius 2 is 1.68 bits per heavy atom. The summed E-state index contributed by atoms with van der Waals surface area (Å²) < 4.78 is 26.9. The van der Waals surface area contributed by atoms with Gasteiger partial charge in [0, 0.05) is 0 Å². The van der Waals surface area contributed by atoms with E-state index >= 15 is 0 Å². The molecule has 3 rings (SSSR count). The van der Waals surface area contributed by atoms with Gasteiger partial charge in [0.1, 0.15) is 11.9 Å². The van der Waals surface area contributed by atoms with Crippen LogP contribution < -0.4 is 18.9 Å². The van der Waals surface area contributed by atoms with Crippen LogP contribution in [-0.2, 0) is 9.53 Å². The largest absolute Gasteiger partial charge is 0.493 e. The summed E-state index contributed by atoms with van der Waals surface area (Å²) in [6.45, 7) is 3.30. The molecule has 0 aromatic heterocycles. The molecule has 1 aliphatic heterocycles. The van der Waals surface area contributed by atoms with Crippen molar-refractivity contribution in [2.45, 2.75) is 20.0 Å². The van der Waals surface area contributed by atoms with Crippen molar-refractivity contribution in [3.05, 3.63) is 47.5 Å². The zero-order chi connectivity index (χ0) is 20.3. The van der Waals surface area contributed by atoms with Gasteiger partial charge in [-0.1, -0.05) is 13.0 Å². The van der Waals surface area contributed by atoms with Crippen LogP contribution in [0.25, 0.3) is 0 Å². The Morgan fingerprint density at radius 1 is 0.964 bits per heavy atom. The van der Waals surface area contributed by atoms with Gasteiger partial charge in [0.05, 0.1) is 25.7 Å². The number of hydrogen-bond acceptors (Lipinski definition) is 7. The van der Waals surface area contributed by atoms with Gasteiger partial charge in [-0.25, -0.2) is 4.79 Å². The smallest absolute Gasteiger partial charge is 0.338 e. The highest BCUT2D eigenvalue weighted by Gasteiger charge is 2.29. The van der Waals surface area contributed by atoms with Gasteiger partial charge < -0.3 is 23.7 Å². The molecule has 0 radical (unpaired) electrons. The number of Topliss-reactive ketones (excluding diaryl/α,β-unsaturated/α-hetero) is 1. The summed E-state index contributed by atoms with van der Waals surface area (Å²) in [5.74, 6) is 0.879. The number of carbonyl (C=O) groups is 2. The molecule has 0 saturated carbocycles. The van der Waals surface area contributed by atoms with Crippen LogP contribution >= 0.6 is 0 Å². The predicted octanol–water partition coefficient (Wildman–Crippen LogP) is 3.56. The molecule has 0 N–H and O–H groups in total. The first kappa shape index (κ1) is 19.5. The highest BCUT2D eigenvalue weighted by Crippen LogP contribution is 2.36. The average molecular weight is 386 g/mol. The maximum absolute atomic E-state index is 12.7. The fourth-order valence-electron chi connectivity index (χ4n) is 2.91. The summed E-state index contributed by atoms with van der Waals surface area (Å²) in [6, 6.07) is 9.98. The molecule has 2 unspecified atom stereocenters. The Bertz CT molecular complexity index is 890. The van der Waals surface area contributed by atoms with E-state index in [4.69, 9.17) is 23.7 Å². The lowest BCUT2D eigenvalue weighted by molar-refractivity contribution is -0.123. The lowest BCUT2D eigenvalue weighted by atomic mass is 9.93. The average Bonchev–Trinajstić information content (AvgIpc) is 3.18. The van der Waals surface area contributed by atoms with E-state index in [2.05, 4.69) is 0 Å². The molecule has 1 heterocycles. The predicted molar refractivity (Wildman–Crippen MR) is 100 cm³/mol. The second-order valence-electron chi connectivity index (χ2n) is 6.41. The minimum atomic E-state index is -0.782. The number of hydrogen-bond donors (Lipinski definition) is 0. The van der Waals surface area contributed by atoms with Crippen molar-refractivity contribution in [1.82, 2.24) is 0 Å². The molecule has 7 nitrogen and oxygen atoms in total. The molecule has 2 aromatic carbocycles. The van der Waals surface area contributed by atoms with Crippen molar-refractivity contribution in [1.29, 1.82) is 0 Å². The van der Waals surface area contributed by atoms with Gasteiger partial charge in [0.2, 0.25) is 6.79 Å². The van der Waals surface area contributed by atoms with Crippen molar-refractivity contribution in [3.63, 3.8) is 0 Å². The van der Waals surface area contributed by atoms with Crippen LogP contribution in [0, 0.1) is 5.92 Å². The Labute approximate surface area is 163 Å². The summed E-state index contributed by atoms with van der Waals surface area (Å²) >= 11 is 0. The van der Waals surface area contributed by atoms with Crippen molar-refractivity contribution in [2.75, 3.05) is 21.0 Å². The zero-order valence-corrected chi connectivity index (χ0v) is 16.2. The maximum atomic E-state index is 12.7. The Kier molecular flexibility index (Phi) is 5.73. The molecule has 0 bridgehead atoms. The number of rotatable bonds is 7. The third-order valence-electron chi connectivity index (χ3n) is 4.67. The second-order valence-corrected chi connectivity index (χ2v) is 6.41. The van der Waals surface area contributed by atoms with Crippen molar-refractivity contribution in [2.24, 2.45) is 5.92 Å². The number of esters is 1. The highest BCUT2D eigenvalue weighted by atomic mass is 16.7. The number of ether oxygens (including phenoxy) is 5. The Hall–Kier alpha value is -3.22. The molecule has 0 amide bonds. The lowest BCUT2D eigenvalue weighted by Crippen LogP contribution is -2.23. The first-order valence-corrected chi connectivity index (χ1v) is 8.77. The number of benzene rings is 2. The normalized spacial score (nSPS) is 14.1. The molecule has 148 valence electrons. The van der Waals surface area contributed by atoms with Crippen LogP contribution in [-0.4, -0.2) is 32.8 Å². The molecule has 28 heavy (non-hydrogen) atoms. The second kappa shape index (κ2) is 8.21. The van der Waals surface area contributed by atoms with Gasteiger partial charge in [-0.05, 0) is 42.8 Å². The topological polar surface area (TPSA) is 80.3 Å². The van der Waals surface area contributed by atoms with E-state index in [1.807, 2.05) is 0 Å². The van der Waals surface area contributed by atoms with E-state index in [9.17, 15) is 9.59 Å². The minimum Gasteiger partial charge on any atom is -0.493 e. The van der Waals surface area contributed by atoms with E-state index < -0.39 is 18.0 Å². The van der Waals surface area contributed by atoms with Crippen LogP contribution in [0.4, 0.5) is 0 Å². The first-order chi connectivity index (χ1) is 13.4. The van der Waals surface area contributed by atoms with E-state index in [0.717, 1.165) is 0 Å². The molecule has 0 spiro atoms. The van der Waals surface area contributed by atoms with Gasteiger partial charge in [-0.2, -0.15) is 0 Å². The van der Waals surface area contributed by atoms with E-state index in [-0.39, 0.29) is 12.6 Å². The fourth-order valence-corrected chi connectivity index (χ4v) is 2.91. The van der Waals surface area contributed by atoms with Crippen molar-refractivity contribution in [3.8, 4) is 23.0 Å². The number of carbonyl (C=O) groups excluding carboxylic acids is 2. The fraction of sp³-hybridized carbons (Fsp3) is 0.333. The molecular formula is C21H22O7. The summed E-state index contributed by atoms with van der Waals surface area (Å²) in [7, 11) is 3.05. The van der Waals surface area contributed by atoms with E-state index in [1.54, 1.807) is 43.3 Å². The third kappa shape index (κ3) is 3.88. The van der Waals surface area contributed by atoms with Gasteiger partial charge >= 0.3 is 5.97 Å². The summed E-state index contributed by atoms with van der Waals surface area (Å²) in [4.78, 5) is 24.8. The summed E-state index contributed by atoms with van der Waals surface area (Å²) in [5, 5.41) is 0. The molecule has 1 aliphatic rings. The Morgan fingerprint density at radius 3 is 2.36 bits per heavy atom. The van der Waals surface area contributed by atoms with E-state index in [0.29, 0.717) is 34.1 Å². The molecule has 0 saturated heterocycles. The summed E-state index contributed by atoms with van der Waals surface area (Å²) in [5.41, 5.74) is 0.944. The molecular weight excluding hydrogens is 364 g/mol. The van der Waals surface area contributed by atoms with Crippen LogP contribution in [0.5, 0.6) is 23.0 Å². The molecule has 2 aromatic rings. The number of fused-ring (bicyclic) bond motifs is 1. The zero-order valence-electron chi connectivity index (χ0n) is 16.2. The van der Waals surface area contributed by atoms with Crippen LogP contribution in [0.15, 0.2) is 36.4 Å². The van der Waals surface area contributed by atoms with Crippen molar-refractivity contribution < 1.29 is 33.3 Å².